The molecular formula is C13H21N3O6. The molecule has 0 saturated carbocycles. The summed E-state index contributed by atoms with van der Waals surface area (Å²) in [5.74, 6) is -2.38. The Kier molecular flexibility index (Phi) is 4.65. The van der Waals surface area contributed by atoms with Crippen LogP contribution in [0.15, 0.2) is 5.11 Å². The van der Waals surface area contributed by atoms with E-state index in [1.807, 2.05) is 0 Å². The number of hydrogen-bond donors (Lipinski definition) is 0. The molecular weight excluding hydrogens is 294 g/mol. The third-order valence-corrected chi connectivity index (χ3v) is 3.43. The number of nitrogens with zero attached hydrogens (tertiary/aromatic N) is 3. The van der Waals surface area contributed by atoms with Gasteiger partial charge in [0.2, 0.25) is 0 Å². The van der Waals surface area contributed by atoms with Gasteiger partial charge in [-0.05, 0) is 33.2 Å². The lowest BCUT2D eigenvalue weighted by Gasteiger charge is -2.24. The molecule has 0 amide bonds. The van der Waals surface area contributed by atoms with Gasteiger partial charge in [-0.1, -0.05) is 5.11 Å². The first-order valence-corrected chi connectivity index (χ1v) is 6.99. The highest BCUT2D eigenvalue weighted by molar-refractivity contribution is 5.75. The molecule has 0 aliphatic carbocycles. The lowest BCUT2D eigenvalue weighted by atomic mass is 10.0. The van der Waals surface area contributed by atoms with E-state index in [9.17, 15) is 4.79 Å². The molecule has 0 unspecified atom stereocenters. The second-order valence-corrected chi connectivity index (χ2v) is 6.10. The van der Waals surface area contributed by atoms with Gasteiger partial charge in [-0.2, -0.15) is 0 Å². The molecule has 2 aliphatic heterocycles. The van der Waals surface area contributed by atoms with Crippen molar-refractivity contribution in [2.24, 2.45) is 5.11 Å². The van der Waals surface area contributed by atoms with Crippen molar-refractivity contribution in [3.8, 4) is 0 Å². The Morgan fingerprint density at radius 2 is 1.73 bits per heavy atom. The number of esters is 1. The van der Waals surface area contributed by atoms with Crippen LogP contribution in [-0.4, -0.2) is 55.6 Å². The quantitative estimate of drug-likeness (QED) is 0.336. The molecule has 124 valence electrons. The van der Waals surface area contributed by atoms with E-state index in [1.54, 1.807) is 27.7 Å². The zero-order valence-corrected chi connectivity index (χ0v) is 13.3. The minimum atomic E-state index is -0.956. The Hall–Kier alpha value is -1.38. The van der Waals surface area contributed by atoms with Gasteiger partial charge in [0.25, 0.3) is 0 Å². The van der Waals surface area contributed by atoms with Crippen LogP contribution in [0.3, 0.4) is 0 Å². The average Bonchev–Trinajstić information content (AvgIpc) is 2.91. The molecule has 2 heterocycles. The van der Waals surface area contributed by atoms with Crippen molar-refractivity contribution in [2.45, 2.75) is 63.7 Å². The van der Waals surface area contributed by atoms with Crippen molar-refractivity contribution >= 4 is 5.97 Å². The maximum atomic E-state index is 11.9. The van der Waals surface area contributed by atoms with Crippen molar-refractivity contribution in [1.82, 2.24) is 0 Å². The summed E-state index contributed by atoms with van der Waals surface area (Å²) in [6.45, 7) is 6.95. The van der Waals surface area contributed by atoms with Crippen LogP contribution in [0, 0.1) is 0 Å². The number of methoxy groups -OCH3 is 1. The van der Waals surface area contributed by atoms with Crippen molar-refractivity contribution < 1.29 is 28.5 Å². The van der Waals surface area contributed by atoms with Gasteiger partial charge >= 0.3 is 5.97 Å². The summed E-state index contributed by atoms with van der Waals surface area (Å²) in [6.07, 6.45) is -2.81. The lowest BCUT2D eigenvalue weighted by Crippen LogP contribution is -2.46. The maximum absolute atomic E-state index is 11.9. The van der Waals surface area contributed by atoms with E-state index in [0.29, 0.717) is 0 Å². The average molecular weight is 315 g/mol. The van der Waals surface area contributed by atoms with Gasteiger partial charge in [0, 0.05) is 4.91 Å². The number of hydrogen-bond acceptors (Lipinski definition) is 7. The molecule has 2 rings (SSSR count). The van der Waals surface area contributed by atoms with Gasteiger partial charge in [-0.25, -0.2) is 4.79 Å². The molecule has 0 bridgehead atoms. The normalized spacial score (nSPS) is 35.9. The highest BCUT2D eigenvalue weighted by Gasteiger charge is 2.56. The predicted octanol–water partition coefficient (Wildman–Crippen LogP) is 1.51. The van der Waals surface area contributed by atoms with Crippen molar-refractivity contribution in [2.75, 3.05) is 13.7 Å². The van der Waals surface area contributed by atoms with Crippen molar-refractivity contribution in [3.63, 3.8) is 0 Å². The Balaban J connectivity index is 2.25. The molecule has 2 aliphatic rings. The highest BCUT2D eigenvalue weighted by atomic mass is 16.8. The summed E-state index contributed by atoms with van der Waals surface area (Å²) in [4.78, 5) is 14.7. The minimum Gasteiger partial charge on any atom is -0.467 e. The molecule has 0 aromatic rings. The largest absolute Gasteiger partial charge is 0.467 e. The molecule has 2 fully saturated rings. The Morgan fingerprint density at radius 1 is 1.14 bits per heavy atom. The molecule has 0 aromatic heterocycles. The first kappa shape index (κ1) is 17.0. The van der Waals surface area contributed by atoms with E-state index in [4.69, 9.17) is 29.2 Å². The molecule has 0 radical (unpaired) electrons. The number of rotatable bonds is 4. The van der Waals surface area contributed by atoms with Gasteiger partial charge in [-0.15, -0.1) is 0 Å². The number of carbonyl (C=O) groups is 1. The first-order chi connectivity index (χ1) is 10.2. The third kappa shape index (κ3) is 3.50. The van der Waals surface area contributed by atoms with E-state index in [0.717, 1.165) is 0 Å². The zero-order valence-electron chi connectivity index (χ0n) is 13.3. The first-order valence-electron chi connectivity index (χ1n) is 6.99. The summed E-state index contributed by atoms with van der Waals surface area (Å²) in [5.41, 5.74) is 8.50. The van der Waals surface area contributed by atoms with E-state index < -0.39 is 42.0 Å². The Bertz CT molecular complexity index is 488. The predicted molar refractivity (Wildman–Crippen MR) is 73.7 cm³/mol. The molecule has 22 heavy (non-hydrogen) atoms. The number of ether oxygens (including phenoxy) is 5. The van der Waals surface area contributed by atoms with Crippen LogP contribution in [0.1, 0.15) is 27.7 Å². The molecule has 9 nitrogen and oxygen atoms in total. The maximum Gasteiger partial charge on any atom is 0.337 e. The van der Waals surface area contributed by atoms with Gasteiger partial charge < -0.3 is 23.7 Å². The van der Waals surface area contributed by atoms with Crippen LogP contribution in [0.25, 0.3) is 10.4 Å². The molecule has 0 N–H and O–H groups in total. The van der Waals surface area contributed by atoms with E-state index >= 15 is 0 Å². The second-order valence-electron chi connectivity index (χ2n) is 6.10. The Morgan fingerprint density at radius 3 is 2.32 bits per heavy atom. The van der Waals surface area contributed by atoms with Crippen molar-refractivity contribution in [3.05, 3.63) is 10.4 Å². The van der Waals surface area contributed by atoms with Crippen LogP contribution in [0.2, 0.25) is 0 Å². The lowest BCUT2D eigenvalue weighted by molar-refractivity contribution is -0.176. The van der Waals surface area contributed by atoms with E-state index in [1.165, 1.54) is 7.11 Å². The molecule has 0 spiro atoms. The van der Waals surface area contributed by atoms with Gasteiger partial charge in [-0.3, -0.25) is 0 Å². The van der Waals surface area contributed by atoms with E-state index in [-0.39, 0.29) is 6.54 Å². The minimum absolute atomic E-state index is 0.0682. The summed E-state index contributed by atoms with van der Waals surface area (Å²) in [5, 5.41) is 3.53. The molecule has 0 aromatic carbocycles. The molecule has 9 heteroatoms. The molecule has 4 atom stereocenters. The van der Waals surface area contributed by atoms with Crippen LogP contribution in [0.4, 0.5) is 0 Å². The van der Waals surface area contributed by atoms with Crippen LogP contribution in [-0.2, 0) is 28.5 Å². The van der Waals surface area contributed by atoms with Gasteiger partial charge in [0.15, 0.2) is 17.7 Å². The second kappa shape index (κ2) is 6.02. The number of carbonyl (C=O) groups excluding carboxylic acids is 1. The van der Waals surface area contributed by atoms with Crippen LogP contribution in [0.5, 0.6) is 0 Å². The van der Waals surface area contributed by atoms with Crippen LogP contribution >= 0.6 is 0 Å². The zero-order chi connectivity index (χ0) is 16.5. The Labute approximate surface area is 128 Å². The fourth-order valence-corrected chi connectivity index (χ4v) is 2.73. The van der Waals surface area contributed by atoms with Crippen LogP contribution < -0.4 is 0 Å². The SMILES string of the molecule is COC(=O)[C@@H]1OC(C)(C)O[C@H]1[C@H]1OC(C)(C)O[C@@H]1CN=[N+]=[N-]. The van der Waals surface area contributed by atoms with Crippen molar-refractivity contribution in [1.29, 1.82) is 0 Å². The highest BCUT2D eigenvalue weighted by Crippen LogP contribution is 2.38. The molecule has 2 saturated heterocycles. The van der Waals surface area contributed by atoms with Gasteiger partial charge in [0.05, 0.1) is 19.8 Å². The topological polar surface area (TPSA) is 112 Å². The monoisotopic (exact) mass is 315 g/mol. The van der Waals surface area contributed by atoms with E-state index in [2.05, 4.69) is 10.0 Å². The fourth-order valence-electron chi connectivity index (χ4n) is 2.73. The third-order valence-electron chi connectivity index (χ3n) is 3.43. The fraction of sp³-hybridized carbons (Fsp3) is 0.923. The summed E-state index contributed by atoms with van der Waals surface area (Å²) < 4.78 is 27.8. The summed E-state index contributed by atoms with van der Waals surface area (Å²) in [7, 11) is 1.28. The smallest absolute Gasteiger partial charge is 0.337 e. The standard InChI is InChI=1S/C13H21N3O6/c1-12(2)19-7(6-15-16-14)8(20-12)9-10(11(17)18-5)22-13(3,4)21-9/h7-10H,6H2,1-5H3/t7-,8+,9+,10-/m1/s1. The number of azide groups is 1. The summed E-state index contributed by atoms with van der Waals surface area (Å²) in [6, 6.07) is 0. The summed E-state index contributed by atoms with van der Waals surface area (Å²) >= 11 is 0. The van der Waals surface area contributed by atoms with Gasteiger partial charge in [0.1, 0.15) is 12.2 Å².